The third-order valence-electron chi connectivity index (χ3n) is 5.14. The molecule has 1 aromatic carbocycles. The van der Waals surface area contributed by atoms with Gasteiger partial charge in [-0.2, -0.15) is 0 Å². The summed E-state index contributed by atoms with van der Waals surface area (Å²) < 4.78 is 2.42. The van der Waals surface area contributed by atoms with Gasteiger partial charge in [0.1, 0.15) is 5.82 Å². The van der Waals surface area contributed by atoms with E-state index in [0.717, 1.165) is 31.9 Å². The van der Waals surface area contributed by atoms with Crippen LogP contribution in [-0.4, -0.2) is 28.5 Å². The molecule has 1 unspecified atom stereocenters. The van der Waals surface area contributed by atoms with E-state index in [9.17, 15) is 0 Å². The van der Waals surface area contributed by atoms with E-state index < -0.39 is 0 Å². The number of nitrogens with zero attached hydrogens (tertiary/aromatic N) is 3. The predicted octanol–water partition coefficient (Wildman–Crippen LogP) is 4.02. The molecule has 0 amide bonds. The fourth-order valence-corrected chi connectivity index (χ4v) is 3.48. The molecule has 2 aliphatic heterocycles. The highest BCUT2D eigenvalue weighted by molar-refractivity contribution is 5.84. The molecule has 134 valence electrons. The molecule has 4 rings (SSSR count). The molecule has 25 heavy (non-hydrogen) atoms. The minimum atomic E-state index is 0.464. The van der Waals surface area contributed by atoms with Gasteiger partial charge in [-0.1, -0.05) is 31.2 Å². The van der Waals surface area contributed by atoms with Crippen LogP contribution in [0.4, 0.5) is 0 Å². The van der Waals surface area contributed by atoms with E-state index in [-0.39, 0.29) is 0 Å². The lowest BCUT2D eigenvalue weighted by molar-refractivity contribution is 0.500. The summed E-state index contributed by atoms with van der Waals surface area (Å²) in [6.45, 7) is 9.58. The molecule has 0 bridgehead atoms. The second-order valence-electron chi connectivity index (χ2n) is 7.16. The second-order valence-corrected chi connectivity index (χ2v) is 7.16. The van der Waals surface area contributed by atoms with Crippen molar-refractivity contribution in [2.45, 2.75) is 58.9 Å². The smallest absolute Gasteiger partial charge is 0.112 e. The first-order valence-electron chi connectivity index (χ1n) is 9.49. The number of benzene rings is 1. The number of fused-ring (bicyclic) bond motifs is 1. The maximum absolute atomic E-state index is 4.62. The number of aliphatic imine (C=N–C) groups is 1. The highest BCUT2D eigenvalue weighted by atomic mass is 15.1. The fraction of sp³-hybridized carbons (Fsp3) is 0.524. The Morgan fingerprint density at radius 1 is 1.16 bits per heavy atom. The van der Waals surface area contributed by atoms with Gasteiger partial charge in [0.15, 0.2) is 0 Å². The van der Waals surface area contributed by atoms with Gasteiger partial charge in [-0.05, 0) is 44.2 Å². The molecule has 0 saturated heterocycles. The molecule has 2 aromatic rings. The van der Waals surface area contributed by atoms with E-state index in [1.807, 2.05) is 0 Å². The normalized spacial score (nSPS) is 17.0. The number of aromatic nitrogens is 2. The van der Waals surface area contributed by atoms with Crippen molar-refractivity contribution in [2.75, 3.05) is 13.1 Å². The third kappa shape index (κ3) is 4.50. The highest BCUT2D eigenvalue weighted by Crippen LogP contribution is 2.24. The summed E-state index contributed by atoms with van der Waals surface area (Å²) in [6.07, 6.45) is 6.86. The average molecular weight is 338 g/mol. The Hall–Kier alpha value is -2.10. The molecular weight excluding hydrogens is 308 g/mol. The highest BCUT2D eigenvalue weighted by Gasteiger charge is 2.20. The Labute approximate surface area is 151 Å². The van der Waals surface area contributed by atoms with Crippen LogP contribution in [0.25, 0.3) is 0 Å². The lowest BCUT2D eigenvalue weighted by Crippen LogP contribution is -2.22. The van der Waals surface area contributed by atoms with Crippen LogP contribution in [0.5, 0.6) is 0 Å². The molecule has 1 aromatic heterocycles. The topological polar surface area (TPSA) is 42.2 Å². The number of hydrogen-bond acceptors (Lipinski definition) is 3. The molecule has 0 fully saturated rings. The Kier molecular flexibility index (Phi) is 5.90. The standard InChI is InChI=1S/C13H20N4.C8H10/c1-10(8-12-14-5-6-15-12)13-16-9-11-4-2-3-7-17(11)13;1-7-5-3-4-6-8(7)2/h9-10H,2-8H2,1H3,(H,14,15);3-6H,1-2H3. The van der Waals surface area contributed by atoms with Crippen LogP contribution in [-0.2, 0) is 13.0 Å². The second kappa shape index (κ2) is 8.32. The zero-order valence-corrected chi connectivity index (χ0v) is 15.8. The summed E-state index contributed by atoms with van der Waals surface area (Å²) in [7, 11) is 0. The molecule has 0 aliphatic carbocycles. The van der Waals surface area contributed by atoms with Gasteiger partial charge in [-0.15, -0.1) is 0 Å². The molecule has 1 N–H and O–H groups in total. The van der Waals surface area contributed by atoms with Crippen molar-refractivity contribution in [3.05, 3.63) is 53.1 Å². The van der Waals surface area contributed by atoms with Crippen molar-refractivity contribution in [1.82, 2.24) is 14.9 Å². The van der Waals surface area contributed by atoms with E-state index in [2.05, 4.69) is 71.1 Å². The Bertz CT molecular complexity index is 708. The maximum Gasteiger partial charge on any atom is 0.112 e. The lowest BCUT2D eigenvalue weighted by atomic mass is 10.1. The predicted molar refractivity (Wildman–Crippen MR) is 104 cm³/mol. The molecule has 4 heteroatoms. The Morgan fingerprint density at radius 2 is 1.92 bits per heavy atom. The van der Waals surface area contributed by atoms with Crippen molar-refractivity contribution in [3.63, 3.8) is 0 Å². The Morgan fingerprint density at radius 3 is 2.56 bits per heavy atom. The van der Waals surface area contributed by atoms with Gasteiger partial charge in [-0.25, -0.2) is 4.98 Å². The van der Waals surface area contributed by atoms with Gasteiger partial charge >= 0.3 is 0 Å². The van der Waals surface area contributed by atoms with Gasteiger partial charge < -0.3 is 9.88 Å². The Balaban J connectivity index is 0.000000192. The van der Waals surface area contributed by atoms with Crippen LogP contribution in [0.15, 0.2) is 35.5 Å². The molecule has 2 aliphatic rings. The molecule has 1 atom stereocenters. The molecule has 0 radical (unpaired) electrons. The molecular formula is C21H30N4. The van der Waals surface area contributed by atoms with Crippen LogP contribution in [0, 0.1) is 13.8 Å². The van der Waals surface area contributed by atoms with Gasteiger partial charge in [0.05, 0.1) is 12.4 Å². The minimum absolute atomic E-state index is 0.464. The van der Waals surface area contributed by atoms with Crippen LogP contribution < -0.4 is 5.32 Å². The van der Waals surface area contributed by atoms with E-state index in [0.29, 0.717) is 5.92 Å². The summed E-state index contributed by atoms with van der Waals surface area (Å²) in [4.78, 5) is 9.09. The summed E-state index contributed by atoms with van der Waals surface area (Å²) in [5, 5.41) is 3.34. The van der Waals surface area contributed by atoms with Crippen LogP contribution >= 0.6 is 0 Å². The SMILES string of the molecule is CC(CC1=NCCN1)c1ncc2n1CCCC2.Cc1ccccc1C. The molecule has 0 saturated carbocycles. The first-order chi connectivity index (χ1) is 12.1. The fourth-order valence-electron chi connectivity index (χ4n) is 3.48. The molecule has 0 spiro atoms. The van der Waals surface area contributed by atoms with Gasteiger partial charge in [0, 0.05) is 37.3 Å². The summed E-state index contributed by atoms with van der Waals surface area (Å²) in [6, 6.07) is 8.36. The average Bonchev–Trinajstić information content (AvgIpc) is 3.27. The van der Waals surface area contributed by atoms with Gasteiger partial charge in [0.25, 0.3) is 0 Å². The summed E-state index contributed by atoms with van der Waals surface area (Å²) in [5.41, 5.74) is 4.15. The zero-order valence-electron chi connectivity index (χ0n) is 15.8. The number of nitrogens with one attached hydrogen (secondary N) is 1. The molecule has 4 nitrogen and oxygen atoms in total. The number of rotatable bonds is 3. The summed E-state index contributed by atoms with van der Waals surface area (Å²) >= 11 is 0. The number of amidine groups is 1. The van der Waals surface area contributed by atoms with Crippen LogP contribution in [0.2, 0.25) is 0 Å². The van der Waals surface area contributed by atoms with E-state index in [1.165, 1.54) is 41.9 Å². The summed E-state index contributed by atoms with van der Waals surface area (Å²) in [5.74, 6) is 2.87. The van der Waals surface area contributed by atoms with Crippen LogP contribution in [0.3, 0.4) is 0 Å². The quantitative estimate of drug-likeness (QED) is 0.918. The lowest BCUT2D eigenvalue weighted by Gasteiger charge is -2.19. The number of imidazole rings is 1. The first kappa shape index (κ1) is 17.7. The maximum atomic E-state index is 4.62. The minimum Gasteiger partial charge on any atom is -0.372 e. The molecule has 3 heterocycles. The number of hydrogen-bond donors (Lipinski definition) is 1. The van der Waals surface area contributed by atoms with Crippen molar-refractivity contribution in [1.29, 1.82) is 0 Å². The third-order valence-corrected chi connectivity index (χ3v) is 5.14. The van der Waals surface area contributed by atoms with Crippen molar-refractivity contribution < 1.29 is 0 Å². The largest absolute Gasteiger partial charge is 0.372 e. The zero-order chi connectivity index (χ0) is 17.6. The van der Waals surface area contributed by atoms with Crippen LogP contribution in [0.1, 0.15) is 54.7 Å². The van der Waals surface area contributed by atoms with Gasteiger partial charge in [-0.3, -0.25) is 4.99 Å². The first-order valence-corrected chi connectivity index (χ1v) is 9.49. The van der Waals surface area contributed by atoms with Crippen molar-refractivity contribution in [3.8, 4) is 0 Å². The number of aryl methyl sites for hydroxylation is 3. The van der Waals surface area contributed by atoms with Gasteiger partial charge in [0.2, 0.25) is 0 Å². The monoisotopic (exact) mass is 338 g/mol. The van der Waals surface area contributed by atoms with Crippen molar-refractivity contribution >= 4 is 5.84 Å². The van der Waals surface area contributed by atoms with E-state index in [4.69, 9.17) is 0 Å². The van der Waals surface area contributed by atoms with Crippen molar-refractivity contribution in [2.24, 2.45) is 4.99 Å². The van der Waals surface area contributed by atoms with E-state index in [1.54, 1.807) is 0 Å². The van der Waals surface area contributed by atoms with E-state index >= 15 is 0 Å².